The fourth-order valence-electron chi connectivity index (χ4n) is 1.69. The molecule has 0 radical (unpaired) electrons. The Kier molecular flexibility index (Phi) is 3.15. The third kappa shape index (κ3) is 2.31. The molecule has 3 nitrogen and oxygen atoms in total. The van der Waals surface area contributed by atoms with E-state index in [0.717, 1.165) is 10.8 Å². The van der Waals surface area contributed by atoms with Crippen LogP contribution in [0.15, 0.2) is 28.9 Å². The van der Waals surface area contributed by atoms with Crippen LogP contribution in [0.3, 0.4) is 0 Å². The summed E-state index contributed by atoms with van der Waals surface area (Å²) in [6, 6.07) is 7.59. The smallest absolute Gasteiger partial charge is 0.354 e. The molecule has 1 aromatic heterocycles. The lowest BCUT2D eigenvalue weighted by Crippen LogP contribution is -2.00. The number of fused-ring (bicyclic) bond motifs is 1. The van der Waals surface area contributed by atoms with E-state index >= 15 is 0 Å². The largest absolute Gasteiger partial charge is 0.477 e. The van der Waals surface area contributed by atoms with Gasteiger partial charge in [0.1, 0.15) is 10.3 Å². The first kappa shape index (κ1) is 12.0. The normalized spacial score (nSPS) is 11.1. The van der Waals surface area contributed by atoms with E-state index in [2.05, 4.69) is 34.8 Å². The lowest BCUT2D eigenvalue weighted by Gasteiger charge is -2.08. The van der Waals surface area contributed by atoms with Crippen LogP contribution in [0.4, 0.5) is 0 Å². The summed E-state index contributed by atoms with van der Waals surface area (Å²) in [4.78, 5) is 14.9. The molecule has 0 aliphatic heterocycles. The number of carboxylic acid groups (broad SMARTS) is 1. The van der Waals surface area contributed by atoms with Gasteiger partial charge in [0.15, 0.2) is 0 Å². The Labute approximate surface area is 108 Å². The summed E-state index contributed by atoms with van der Waals surface area (Å²) in [7, 11) is 0. The minimum atomic E-state index is -1.01. The number of aromatic carboxylic acids is 1. The van der Waals surface area contributed by atoms with Gasteiger partial charge in [0, 0.05) is 5.39 Å². The molecule has 0 aliphatic rings. The Balaban J connectivity index is 2.68. The van der Waals surface area contributed by atoms with Crippen LogP contribution in [0, 0.1) is 0 Å². The van der Waals surface area contributed by atoms with Crippen molar-refractivity contribution in [1.29, 1.82) is 0 Å². The monoisotopic (exact) mass is 293 g/mol. The molecule has 0 amide bonds. The molecule has 2 aromatic rings. The van der Waals surface area contributed by atoms with E-state index < -0.39 is 5.97 Å². The van der Waals surface area contributed by atoms with Crippen LogP contribution >= 0.6 is 15.9 Å². The van der Waals surface area contributed by atoms with Crippen molar-refractivity contribution in [2.75, 3.05) is 0 Å². The van der Waals surface area contributed by atoms with E-state index in [4.69, 9.17) is 5.11 Å². The zero-order valence-electron chi connectivity index (χ0n) is 9.57. The van der Waals surface area contributed by atoms with E-state index in [0.29, 0.717) is 10.5 Å². The summed E-state index contributed by atoms with van der Waals surface area (Å²) < 4.78 is 0.579. The number of pyridine rings is 1. The molecular weight excluding hydrogens is 282 g/mol. The van der Waals surface area contributed by atoms with Crippen LogP contribution in [0.1, 0.15) is 35.8 Å². The molecule has 88 valence electrons. The zero-order valence-corrected chi connectivity index (χ0v) is 11.2. The standard InChI is InChI=1S/C13H12BrNO2/c1-7(2)8-3-4-9-6-11(13(16)17)15-12(14)10(9)5-8/h3-7H,1-2H3,(H,16,17). The highest BCUT2D eigenvalue weighted by Crippen LogP contribution is 2.27. The average Bonchev–Trinajstić information content (AvgIpc) is 2.28. The van der Waals surface area contributed by atoms with Crippen LogP contribution in [-0.4, -0.2) is 16.1 Å². The summed E-state index contributed by atoms with van der Waals surface area (Å²) in [5.74, 6) is -0.578. The van der Waals surface area contributed by atoms with Crippen LogP contribution < -0.4 is 0 Å². The van der Waals surface area contributed by atoms with Gasteiger partial charge in [0.2, 0.25) is 0 Å². The highest BCUT2D eigenvalue weighted by Gasteiger charge is 2.10. The molecule has 0 fully saturated rings. The van der Waals surface area contributed by atoms with Gasteiger partial charge in [-0.1, -0.05) is 26.0 Å². The summed E-state index contributed by atoms with van der Waals surface area (Å²) in [6.45, 7) is 4.24. The number of hydrogen-bond acceptors (Lipinski definition) is 2. The van der Waals surface area contributed by atoms with Gasteiger partial charge in [-0.15, -0.1) is 0 Å². The molecule has 0 saturated carbocycles. The summed E-state index contributed by atoms with van der Waals surface area (Å²) in [5.41, 5.74) is 1.27. The van der Waals surface area contributed by atoms with Crippen molar-refractivity contribution in [1.82, 2.24) is 4.98 Å². The van der Waals surface area contributed by atoms with Gasteiger partial charge in [-0.2, -0.15) is 0 Å². The Morgan fingerprint density at radius 1 is 1.35 bits per heavy atom. The van der Waals surface area contributed by atoms with Gasteiger partial charge >= 0.3 is 5.97 Å². The summed E-state index contributed by atoms with van der Waals surface area (Å²) in [5, 5.41) is 10.8. The number of carboxylic acids is 1. The second-order valence-corrected chi connectivity index (χ2v) is 4.99. The summed E-state index contributed by atoms with van der Waals surface area (Å²) >= 11 is 3.32. The van der Waals surface area contributed by atoms with Gasteiger partial charge < -0.3 is 5.11 Å². The maximum absolute atomic E-state index is 10.9. The third-order valence-corrected chi connectivity index (χ3v) is 3.30. The van der Waals surface area contributed by atoms with Gasteiger partial charge in [0.25, 0.3) is 0 Å². The molecule has 2 rings (SSSR count). The number of benzene rings is 1. The lowest BCUT2D eigenvalue weighted by atomic mass is 10.00. The van der Waals surface area contributed by atoms with Gasteiger partial charge in [-0.25, -0.2) is 9.78 Å². The van der Waals surface area contributed by atoms with Crippen LogP contribution in [0.25, 0.3) is 10.8 Å². The highest BCUT2D eigenvalue weighted by atomic mass is 79.9. The predicted octanol–water partition coefficient (Wildman–Crippen LogP) is 3.82. The van der Waals surface area contributed by atoms with Crippen molar-refractivity contribution in [2.24, 2.45) is 0 Å². The zero-order chi connectivity index (χ0) is 12.6. The van der Waals surface area contributed by atoms with Crippen LogP contribution in [-0.2, 0) is 0 Å². The molecule has 1 heterocycles. The molecular formula is C13H12BrNO2. The van der Waals surface area contributed by atoms with Gasteiger partial charge in [0.05, 0.1) is 0 Å². The Bertz CT molecular complexity index is 593. The number of rotatable bonds is 2. The van der Waals surface area contributed by atoms with Crippen molar-refractivity contribution in [2.45, 2.75) is 19.8 Å². The van der Waals surface area contributed by atoms with Crippen molar-refractivity contribution in [3.63, 3.8) is 0 Å². The molecule has 17 heavy (non-hydrogen) atoms. The fourth-order valence-corrected chi connectivity index (χ4v) is 2.23. The third-order valence-electron chi connectivity index (χ3n) is 2.70. The fraction of sp³-hybridized carbons (Fsp3) is 0.231. The summed E-state index contributed by atoms with van der Waals surface area (Å²) in [6.07, 6.45) is 0. The SMILES string of the molecule is CC(C)c1ccc2cc(C(=O)O)nc(Br)c2c1. The van der Waals surface area contributed by atoms with E-state index in [1.807, 2.05) is 18.2 Å². The molecule has 4 heteroatoms. The number of aromatic nitrogens is 1. The second-order valence-electron chi connectivity index (χ2n) is 4.24. The predicted molar refractivity (Wildman–Crippen MR) is 70.5 cm³/mol. The minimum absolute atomic E-state index is 0.0571. The lowest BCUT2D eigenvalue weighted by molar-refractivity contribution is 0.0690. The van der Waals surface area contributed by atoms with E-state index in [9.17, 15) is 4.79 Å². The Morgan fingerprint density at radius 3 is 2.65 bits per heavy atom. The Hall–Kier alpha value is -1.42. The van der Waals surface area contributed by atoms with E-state index in [1.165, 1.54) is 5.56 Å². The molecule has 0 aliphatic carbocycles. The molecule has 0 bridgehead atoms. The first-order valence-electron chi connectivity index (χ1n) is 5.32. The minimum Gasteiger partial charge on any atom is -0.477 e. The van der Waals surface area contributed by atoms with Crippen molar-refractivity contribution in [3.8, 4) is 0 Å². The first-order chi connectivity index (χ1) is 7.99. The number of nitrogens with zero attached hydrogens (tertiary/aromatic N) is 1. The first-order valence-corrected chi connectivity index (χ1v) is 6.12. The quantitative estimate of drug-likeness (QED) is 0.857. The highest BCUT2D eigenvalue weighted by molar-refractivity contribution is 9.10. The van der Waals surface area contributed by atoms with Crippen LogP contribution in [0.5, 0.6) is 0 Å². The van der Waals surface area contributed by atoms with E-state index in [-0.39, 0.29) is 5.69 Å². The number of carbonyl (C=O) groups is 1. The number of halogens is 1. The molecule has 1 N–H and O–H groups in total. The van der Waals surface area contributed by atoms with Crippen LogP contribution in [0.2, 0.25) is 0 Å². The van der Waals surface area contributed by atoms with E-state index in [1.54, 1.807) is 6.07 Å². The number of hydrogen-bond donors (Lipinski definition) is 1. The molecule has 0 unspecified atom stereocenters. The molecule has 0 saturated heterocycles. The molecule has 0 spiro atoms. The topological polar surface area (TPSA) is 50.2 Å². The van der Waals surface area contributed by atoms with Crippen molar-refractivity contribution in [3.05, 3.63) is 40.1 Å². The molecule has 0 atom stereocenters. The maximum atomic E-state index is 10.9. The van der Waals surface area contributed by atoms with Gasteiger partial charge in [-0.3, -0.25) is 0 Å². The van der Waals surface area contributed by atoms with Crippen molar-refractivity contribution >= 4 is 32.7 Å². The average molecular weight is 294 g/mol. The molecule has 1 aromatic carbocycles. The van der Waals surface area contributed by atoms with Crippen molar-refractivity contribution < 1.29 is 9.90 Å². The second kappa shape index (κ2) is 4.45. The maximum Gasteiger partial charge on any atom is 0.354 e. The van der Waals surface area contributed by atoms with Gasteiger partial charge in [-0.05, 0) is 44.9 Å². The Morgan fingerprint density at radius 2 is 2.06 bits per heavy atom.